The van der Waals surface area contributed by atoms with Gasteiger partial charge in [0.2, 0.25) is 5.91 Å². The van der Waals surface area contributed by atoms with E-state index in [4.69, 9.17) is 10.00 Å². The minimum Gasteiger partial charge on any atom is -0.481 e. The average Bonchev–Trinajstić information content (AvgIpc) is 3.28. The molecule has 1 heterocycles. The van der Waals surface area contributed by atoms with Crippen LogP contribution in [-0.4, -0.2) is 37.0 Å². The van der Waals surface area contributed by atoms with Gasteiger partial charge < -0.3 is 20.3 Å². The molecule has 31 heavy (non-hydrogen) atoms. The number of ether oxygens (including phenoxy) is 1. The van der Waals surface area contributed by atoms with Crippen LogP contribution < -0.4 is 20.3 Å². The molecule has 0 spiro atoms. The molecule has 2 atom stereocenters. The fourth-order valence-corrected chi connectivity index (χ4v) is 3.55. The van der Waals surface area contributed by atoms with E-state index in [0.717, 1.165) is 24.5 Å². The quantitative estimate of drug-likeness (QED) is 0.682. The number of carbonyl (C=O) groups is 2. The van der Waals surface area contributed by atoms with Crippen molar-refractivity contribution in [1.82, 2.24) is 5.32 Å². The van der Waals surface area contributed by atoms with E-state index in [1.165, 1.54) is 12.8 Å². The second-order valence-corrected chi connectivity index (χ2v) is 7.81. The Hall–Kier alpha value is -3.53. The average molecular weight is 421 g/mol. The van der Waals surface area contributed by atoms with E-state index in [9.17, 15) is 9.59 Å². The number of carbonyl (C=O) groups excluding carboxylic acids is 2. The predicted octanol–water partition coefficient (Wildman–Crippen LogP) is 3.46. The number of benzene rings is 2. The Kier molecular flexibility index (Phi) is 7.50. The van der Waals surface area contributed by atoms with Crippen LogP contribution in [0.2, 0.25) is 0 Å². The lowest BCUT2D eigenvalue weighted by molar-refractivity contribution is -0.128. The van der Waals surface area contributed by atoms with Gasteiger partial charge in [0.05, 0.1) is 11.6 Å². The van der Waals surface area contributed by atoms with Gasteiger partial charge in [-0.15, -0.1) is 0 Å². The Balaban J connectivity index is 1.47. The van der Waals surface area contributed by atoms with E-state index in [1.54, 1.807) is 38.1 Å². The lowest BCUT2D eigenvalue weighted by atomic mass is 10.2. The maximum atomic E-state index is 12.4. The van der Waals surface area contributed by atoms with Gasteiger partial charge in [0, 0.05) is 36.9 Å². The summed E-state index contributed by atoms with van der Waals surface area (Å²) in [4.78, 5) is 27.1. The number of rotatable bonds is 8. The normalized spacial score (nSPS) is 14.9. The van der Waals surface area contributed by atoms with E-state index in [-0.39, 0.29) is 24.3 Å². The molecule has 1 aliphatic rings. The zero-order valence-electron chi connectivity index (χ0n) is 17.9. The molecule has 0 bridgehead atoms. The molecule has 162 valence electrons. The molecule has 2 N–H and O–H groups in total. The third-order valence-corrected chi connectivity index (χ3v) is 5.13. The lowest BCUT2D eigenvalue weighted by Gasteiger charge is -2.20. The summed E-state index contributed by atoms with van der Waals surface area (Å²) in [7, 11) is 0. The van der Waals surface area contributed by atoms with E-state index in [1.807, 2.05) is 24.3 Å². The van der Waals surface area contributed by atoms with Crippen molar-refractivity contribution in [3.05, 3.63) is 54.1 Å². The molecule has 2 amide bonds. The summed E-state index contributed by atoms with van der Waals surface area (Å²) in [5.74, 6) is -0.0367. The van der Waals surface area contributed by atoms with Gasteiger partial charge in [0.25, 0.3) is 5.91 Å². The van der Waals surface area contributed by atoms with E-state index >= 15 is 0 Å². The summed E-state index contributed by atoms with van der Waals surface area (Å²) >= 11 is 0. The van der Waals surface area contributed by atoms with Crippen LogP contribution in [0, 0.1) is 11.3 Å². The number of hydrogen-bond donors (Lipinski definition) is 2. The Labute approximate surface area is 183 Å². The van der Waals surface area contributed by atoms with Crippen LogP contribution in [0.5, 0.6) is 5.75 Å². The molecular weight excluding hydrogens is 392 g/mol. The topological polar surface area (TPSA) is 94.5 Å². The van der Waals surface area contributed by atoms with Crippen LogP contribution in [0.15, 0.2) is 48.5 Å². The summed E-state index contributed by atoms with van der Waals surface area (Å²) < 4.78 is 5.61. The minimum atomic E-state index is -0.753. The van der Waals surface area contributed by atoms with Crippen molar-refractivity contribution in [2.45, 2.75) is 45.3 Å². The Morgan fingerprint density at radius 1 is 1.13 bits per heavy atom. The van der Waals surface area contributed by atoms with Gasteiger partial charge in [0.1, 0.15) is 5.75 Å². The zero-order valence-corrected chi connectivity index (χ0v) is 17.9. The number of amides is 2. The first-order valence-electron chi connectivity index (χ1n) is 10.6. The van der Waals surface area contributed by atoms with Gasteiger partial charge in [-0.05, 0) is 63.1 Å². The van der Waals surface area contributed by atoms with Gasteiger partial charge in [-0.2, -0.15) is 5.26 Å². The second-order valence-electron chi connectivity index (χ2n) is 7.81. The highest BCUT2D eigenvalue weighted by molar-refractivity contribution is 5.92. The first-order valence-corrected chi connectivity index (χ1v) is 10.6. The van der Waals surface area contributed by atoms with Crippen LogP contribution >= 0.6 is 0 Å². The molecule has 0 aliphatic carbocycles. The van der Waals surface area contributed by atoms with Crippen molar-refractivity contribution in [2.75, 3.05) is 23.3 Å². The second kappa shape index (κ2) is 10.5. The molecule has 1 aliphatic heterocycles. The number of anilines is 2. The largest absolute Gasteiger partial charge is 0.481 e. The van der Waals surface area contributed by atoms with E-state index < -0.39 is 6.10 Å². The maximum Gasteiger partial charge on any atom is 0.260 e. The third-order valence-electron chi connectivity index (χ3n) is 5.13. The molecule has 2 aromatic rings. The Bertz CT molecular complexity index is 963. The molecule has 1 fully saturated rings. The molecule has 7 nitrogen and oxygen atoms in total. The van der Waals surface area contributed by atoms with Crippen LogP contribution in [0.3, 0.4) is 0 Å². The molecular formula is C24H28N4O3. The number of nitriles is 1. The Morgan fingerprint density at radius 2 is 1.87 bits per heavy atom. The highest BCUT2D eigenvalue weighted by atomic mass is 16.5. The van der Waals surface area contributed by atoms with Crippen LogP contribution in [0.1, 0.15) is 38.7 Å². The van der Waals surface area contributed by atoms with Gasteiger partial charge >= 0.3 is 0 Å². The number of nitrogens with one attached hydrogen (secondary N) is 2. The summed E-state index contributed by atoms with van der Waals surface area (Å²) in [6, 6.07) is 16.2. The summed E-state index contributed by atoms with van der Waals surface area (Å²) in [5.41, 5.74) is 2.33. The lowest BCUT2D eigenvalue weighted by Crippen LogP contribution is -2.42. The predicted molar refractivity (Wildman–Crippen MR) is 120 cm³/mol. The molecule has 1 saturated heterocycles. The first-order chi connectivity index (χ1) is 14.9. The molecule has 7 heteroatoms. The van der Waals surface area contributed by atoms with E-state index in [2.05, 4.69) is 21.6 Å². The van der Waals surface area contributed by atoms with Gasteiger partial charge in [-0.3, -0.25) is 9.59 Å². The number of nitrogens with zero attached hydrogens (tertiary/aromatic N) is 2. The van der Waals surface area contributed by atoms with Crippen LogP contribution in [0.4, 0.5) is 11.4 Å². The molecule has 2 unspecified atom stereocenters. The molecule has 0 aromatic heterocycles. The van der Waals surface area contributed by atoms with Gasteiger partial charge in [0.15, 0.2) is 6.10 Å². The fraction of sp³-hybridized carbons (Fsp3) is 0.375. The smallest absolute Gasteiger partial charge is 0.260 e. The van der Waals surface area contributed by atoms with Crippen molar-refractivity contribution < 1.29 is 14.3 Å². The third kappa shape index (κ3) is 6.48. The summed E-state index contributed by atoms with van der Waals surface area (Å²) in [6.45, 7) is 5.50. The molecule has 0 saturated carbocycles. The highest BCUT2D eigenvalue weighted by Gasteiger charge is 2.19. The Morgan fingerprint density at radius 3 is 2.61 bits per heavy atom. The monoisotopic (exact) mass is 420 g/mol. The van der Waals surface area contributed by atoms with Crippen LogP contribution in [0.25, 0.3) is 0 Å². The standard InChI is InChI=1S/C24H28N4O3/c1-17(26-24(30)18(2)31-22-10-5-7-19(14-22)16-25)13-23(29)27-20-8-6-9-21(15-20)28-11-3-4-12-28/h5-10,14-15,17-18H,3-4,11-13H2,1-2H3,(H,26,30)(H,27,29). The first kappa shape index (κ1) is 22.2. The van der Waals surface area contributed by atoms with Crippen molar-refractivity contribution in [3.63, 3.8) is 0 Å². The molecule has 0 radical (unpaired) electrons. The van der Waals surface area contributed by atoms with Crippen molar-refractivity contribution in [1.29, 1.82) is 5.26 Å². The van der Waals surface area contributed by atoms with Crippen LogP contribution in [-0.2, 0) is 9.59 Å². The maximum absolute atomic E-state index is 12.4. The van der Waals surface area contributed by atoms with Gasteiger partial charge in [-0.25, -0.2) is 0 Å². The number of hydrogen-bond acceptors (Lipinski definition) is 5. The zero-order chi connectivity index (χ0) is 22.2. The van der Waals surface area contributed by atoms with Crippen molar-refractivity contribution in [2.24, 2.45) is 0 Å². The van der Waals surface area contributed by atoms with E-state index in [0.29, 0.717) is 11.3 Å². The van der Waals surface area contributed by atoms with Crippen molar-refractivity contribution >= 4 is 23.2 Å². The minimum absolute atomic E-state index is 0.149. The summed E-state index contributed by atoms with van der Waals surface area (Å²) in [6.07, 6.45) is 1.78. The SMILES string of the molecule is CC(CC(=O)Nc1cccc(N2CCCC2)c1)NC(=O)C(C)Oc1cccc(C#N)c1. The molecule has 3 rings (SSSR count). The molecule has 2 aromatic carbocycles. The summed E-state index contributed by atoms with van der Waals surface area (Å²) in [5, 5.41) is 14.7. The van der Waals surface area contributed by atoms with Crippen molar-refractivity contribution in [3.8, 4) is 11.8 Å². The highest BCUT2D eigenvalue weighted by Crippen LogP contribution is 2.23. The fourth-order valence-electron chi connectivity index (χ4n) is 3.55. The van der Waals surface area contributed by atoms with Gasteiger partial charge in [-0.1, -0.05) is 12.1 Å².